The first-order chi connectivity index (χ1) is 38.3. The smallest absolute Gasteiger partial charge is 0.397 e. The van der Waals surface area contributed by atoms with Crippen LogP contribution in [0.1, 0.15) is 16.1 Å². The number of phenolic OH excluding ortho intramolecular Hbond substituents is 1. The molecule has 0 fully saturated rings. The lowest BCUT2D eigenvalue weighted by Crippen LogP contribution is -2.26. The Morgan fingerprint density at radius 2 is 1.23 bits per heavy atom. The topological polar surface area (TPSA) is 515 Å². The fourth-order valence-electron chi connectivity index (χ4n) is 7.68. The molecule has 0 aliphatic rings. The number of nitrogens with one attached hydrogen (secondary N) is 2. The molecule has 7 aromatic rings. The molecule has 0 aliphatic heterocycles. The number of nitrogens with zero attached hydrogens (tertiary/aromatic N) is 6. The highest BCUT2D eigenvalue weighted by Gasteiger charge is 2.30. The highest BCUT2D eigenvalue weighted by Crippen LogP contribution is 2.46. The summed E-state index contributed by atoms with van der Waals surface area (Å²) in [6.45, 7) is 0.419. The number of sulfone groups is 2. The third-order valence-electron chi connectivity index (χ3n) is 11.2. The van der Waals surface area contributed by atoms with Crippen LogP contribution in [0.2, 0.25) is 0 Å². The molecule has 442 valence electrons. The van der Waals surface area contributed by atoms with E-state index in [9.17, 15) is 96.9 Å². The number of aryl methyl sites for hydroxylation is 1. The molecule has 83 heavy (non-hydrogen) atoms. The average molecular weight is 1310 g/mol. The lowest BCUT2D eigenvalue weighted by Gasteiger charge is -2.15. The molecule has 0 atom stereocenters. The highest BCUT2D eigenvalue weighted by atomic mass is 35.5. The SMILES string of the molecule is Cc1nn(-c2ccc(C(=O)Nc3ccc(S(=O)(=O)O)c(N=Nc4c(S(=O)(=O)O)cc5c(S(=O)(=O)O)c(NC(=O)CS(=O)(=O)CCCl)ccc5c4O)c3)cc2)c(O)c1N=Nc1ccc2cc(S(=O)(=O)CCOS(=O)(=O)O)ccc2c1S(=O)(=O)O. The van der Waals surface area contributed by atoms with E-state index < -0.39 is 182 Å². The molecule has 1 heterocycles. The van der Waals surface area contributed by atoms with Crippen LogP contribution in [-0.4, -0.2) is 143 Å². The molecule has 40 heteroatoms. The number of phenols is 1. The van der Waals surface area contributed by atoms with Crippen molar-refractivity contribution in [1.29, 1.82) is 0 Å². The van der Waals surface area contributed by atoms with Crippen LogP contribution in [0, 0.1) is 6.92 Å². The van der Waals surface area contributed by atoms with E-state index in [-0.39, 0.29) is 39.1 Å². The number of aromatic hydroxyl groups is 2. The van der Waals surface area contributed by atoms with Gasteiger partial charge in [-0.1, -0.05) is 12.1 Å². The Labute approximate surface area is 473 Å². The van der Waals surface area contributed by atoms with E-state index in [4.69, 9.17) is 16.2 Å². The monoisotopic (exact) mass is 1310 g/mol. The van der Waals surface area contributed by atoms with Crippen LogP contribution < -0.4 is 10.6 Å². The second kappa shape index (κ2) is 23.3. The summed E-state index contributed by atoms with van der Waals surface area (Å²) in [5, 5.41) is 44.2. The second-order valence-corrected chi connectivity index (χ2v) is 28.2. The summed E-state index contributed by atoms with van der Waals surface area (Å²) in [4.78, 5) is 21.1. The molecule has 0 saturated carbocycles. The van der Waals surface area contributed by atoms with Crippen molar-refractivity contribution in [1.82, 2.24) is 9.78 Å². The minimum absolute atomic E-state index is 0.000858. The first kappa shape index (κ1) is 63.1. The van der Waals surface area contributed by atoms with Crippen molar-refractivity contribution in [3.05, 3.63) is 102 Å². The average Bonchev–Trinajstić information content (AvgIpc) is 1.68. The van der Waals surface area contributed by atoms with E-state index in [1.54, 1.807) is 0 Å². The van der Waals surface area contributed by atoms with Gasteiger partial charge in [-0.05, 0) is 91.2 Å². The third kappa shape index (κ3) is 14.6. The fraction of sp³-hybridized carbons (Fsp3) is 0.140. The summed E-state index contributed by atoms with van der Waals surface area (Å²) >= 11 is 5.44. The number of anilines is 2. The van der Waals surface area contributed by atoms with Gasteiger partial charge in [0.05, 0.1) is 40.1 Å². The molecule has 9 N–H and O–H groups in total. The van der Waals surface area contributed by atoms with Crippen LogP contribution in [-0.2, 0) is 79.5 Å². The van der Waals surface area contributed by atoms with Crippen LogP contribution in [0.25, 0.3) is 27.2 Å². The van der Waals surface area contributed by atoms with Gasteiger partial charge < -0.3 is 20.8 Å². The normalized spacial score (nSPS) is 13.1. The van der Waals surface area contributed by atoms with Gasteiger partial charge in [0.2, 0.25) is 11.8 Å². The lowest BCUT2D eigenvalue weighted by atomic mass is 10.1. The Hall–Kier alpha value is -7.51. The maximum absolute atomic E-state index is 13.5. The molecular formula is C43H37ClN8O24S7. The van der Waals surface area contributed by atoms with E-state index in [0.717, 1.165) is 53.2 Å². The molecule has 0 aliphatic carbocycles. The van der Waals surface area contributed by atoms with Gasteiger partial charge in [-0.2, -0.15) is 51.9 Å². The van der Waals surface area contributed by atoms with Crippen LogP contribution in [0.15, 0.2) is 136 Å². The van der Waals surface area contributed by atoms with E-state index in [2.05, 4.69) is 35.1 Å². The predicted octanol–water partition coefficient (Wildman–Crippen LogP) is 5.15. The first-order valence-corrected chi connectivity index (χ1v) is 33.3. The van der Waals surface area contributed by atoms with Gasteiger partial charge in [-0.15, -0.1) is 32.1 Å². The van der Waals surface area contributed by atoms with E-state index in [1.807, 2.05) is 5.32 Å². The largest absolute Gasteiger partial charge is 0.505 e. The number of hydrogen-bond acceptors (Lipinski definition) is 24. The van der Waals surface area contributed by atoms with Gasteiger partial charge in [-0.3, -0.25) is 32.4 Å². The quantitative estimate of drug-likeness (QED) is 0.0255. The van der Waals surface area contributed by atoms with Gasteiger partial charge >= 0.3 is 10.4 Å². The number of alkyl halides is 1. The summed E-state index contributed by atoms with van der Waals surface area (Å²) < 4.78 is 227. The Morgan fingerprint density at radius 1 is 0.614 bits per heavy atom. The molecule has 6 aromatic carbocycles. The Balaban J connectivity index is 1.15. The fourth-order valence-corrected chi connectivity index (χ4v) is 13.7. The van der Waals surface area contributed by atoms with Crippen molar-refractivity contribution in [2.75, 3.05) is 40.4 Å². The van der Waals surface area contributed by atoms with E-state index in [0.29, 0.717) is 12.1 Å². The zero-order valence-electron chi connectivity index (χ0n) is 41.2. The molecule has 2 amide bonds. The zero-order chi connectivity index (χ0) is 61.6. The number of benzene rings is 6. The van der Waals surface area contributed by atoms with Gasteiger partial charge in [0.15, 0.2) is 31.1 Å². The summed E-state index contributed by atoms with van der Waals surface area (Å²) in [6, 6.07) is 14.6. The van der Waals surface area contributed by atoms with Gasteiger partial charge in [0.1, 0.15) is 42.4 Å². The number of fused-ring (bicyclic) bond motifs is 2. The third-order valence-corrected chi connectivity index (χ3v) is 19.0. The minimum Gasteiger partial charge on any atom is -0.505 e. The maximum Gasteiger partial charge on any atom is 0.397 e. The highest BCUT2D eigenvalue weighted by molar-refractivity contribution is 7.92. The van der Waals surface area contributed by atoms with E-state index in [1.165, 1.54) is 37.3 Å². The summed E-state index contributed by atoms with van der Waals surface area (Å²) in [5.41, 5.74) is -4.01. The number of amides is 2. The Kier molecular flexibility index (Phi) is 17.7. The lowest BCUT2D eigenvalue weighted by molar-refractivity contribution is -0.113. The molecule has 32 nitrogen and oxygen atoms in total. The number of rotatable bonds is 21. The molecular weight excluding hydrogens is 1270 g/mol. The van der Waals surface area contributed by atoms with E-state index >= 15 is 0 Å². The molecule has 7 rings (SSSR count). The Bertz CT molecular complexity index is 4770. The van der Waals surface area contributed by atoms with Crippen molar-refractivity contribution in [2.24, 2.45) is 20.5 Å². The number of hydrogen-bond donors (Lipinski definition) is 9. The van der Waals surface area contributed by atoms with Crippen LogP contribution >= 0.6 is 11.6 Å². The molecule has 0 radical (unpaired) electrons. The van der Waals surface area contributed by atoms with Crippen molar-refractivity contribution in [3.63, 3.8) is 0 Å². The number of halogens is 1. The number of azo groups is 2. The zero-order valence-corrected chi connectivity index (χ0v) is 47.7. The minimum atomic E-state index is -5.61. The van der Waals surface area contributed by atoms with Crippen molar-refractivity contribution in [3.8, 4) is 17.3 Å². The summed E-state index contributed by atoms with van der Waals surface area (Å²) in [5.74, 6) is -7.42. The van der Waals surface area contributed by atoms with Crippen molar-refractivity contribution < 1.29 is 106 Å². The van der Waals surface area contributed by atoms with Crippen LogP contribution in [0.5, 0.6) is 11.6 Å². The van der Waals surface area contributed by atoms with Crippen LogP contribution in [0.3, 0.4) is 0 Å². The molecule has 0 bridgehead atoms. The Morgan fingerprint density at radius 3 is 1.83 bits per heavy atom. The number of aromatic nitrogens is 2. The molecule has 0 saturated heterocycles. The van der Waals surface area contributed by atoms with Crippen LogP contribution in [0.4, 0.5) is 34.1 Å². The molecule has 0 unspecified atom stereocenters. The van der Waals surface area contributed by atoms with Crippen molar-refractivity contribution in [2.45, 2.75) is 31.4 Å². The summed E-state index contributed by atoms with van der Waals surface area (Å²) in [6.07, 6.45) is 0. The van der Waals surface area contributed by atoms with Gasteiger partial charge in [-0.25, -0.2) is 21.0 Å². The second-order valence-electron chi connectivity index (χ2n) is 17.0. The van der Waals surface area contributed by atoms with Gasteiger partial charge in [0.25, 0.3) is 46.4 Å². The standard InChI is InChI=1S/C43H37ClN8O24S7/c1-22-37(49-47-32-11-4-24-18-27(8-9-28(24)40(32)81(67,68)69)78(59,60)17-15-76-83(73,74)75)43(56)52(51-22)26-6-2-23(3-7-26)42(55)45-25-5-13-34(79(61,62)63)33(19-25)48-50-38-35(80(64,65)66)20-30-29(39(38)54)10-12-31(41(30)82(70,71)72)46-36(53)21-77(57,58)16-14-44/h2-13,18-20,54,56H,14-17,21H2,1H3,(H,45,55)(H,46,53)(H,61,62,63)(H,64,65,66)(H,67,68,69)(H,70,71,72)(H,73,74,75). The molecule has 1 aromatic heterocycles. The van der Waals surface area contributed by atoms with Gasteiger partial charge in [0, 0.05) is 33.3 Å². The summed E-state index contributed by atoms with van der Waals surface area (Å²) in [7, 11) is -34.9. The predicted molar refractivity (Wildman–Crippen MR) is 289 cm³/mol. The number of carbonyl (C=O) groups is 2. The first-order valence-electron chi connectivity index (χ1n) is 22.2. The number of carbonyl (C=O) groups excluding carboxylic acids is 2. The molecule has 0 spiro atoms. The van der Waals surface area contributed by atoms with Crippen molar-refractivity contribution >= 4 is 150 Å². The maximum atomic E-state index is 13.5.